The molecule has 3 N–H and O–H groups in total. The standard InChI is InChI=1S/C13H15FN2O3S/c14-8-3-4-11(10(6-8)12(17)18)16-13(19)15-9-2-1-5-20-7-9/h3-4,6,9H,1-2,5,7H2,(H,17,18)(H2,15,16,19). The van der Waals surface area contributed by atoms with E-state index in [1.54, 1.807) is 11.8 Å². The van der Waals surface area contributed by atoms with Crippen LogP contribution in [0, 0.1) is 5.82 Å². The number of hydrogen-bond donors (Lipinski definition) is 3. The highest BCUT2D eigenvalue weighted by atomic mass is 32.2. The van der Waals surface area contributed by atoms with Crippen LogP contribution in [0.1, 0.15) is 23.2 Å². The SMILES string of the molecule is O=C(Nc1ccc(F)cc1C(=O)O)NC1CCCSC1. The summed E-state index contributed by atoms with van der Waals surface area (Å²) in [5.74, 6) is 0.00821. The van der Waals surface area contributed by atoms with E-state index in [1.165, 1.54) is 6.07 Å². The number of benzene rings is 1. The summed E-state index contributed by atoms with van der Waals surface area (Å²) >= 11 is 1.78. The Kier molecular flexibility index (Phi) is 4.84. The van der Waals surface area contributed by atoms with Gasteiger partial charge in [0.15, 0.2) is 0 Å². The number of halogens is 1. The maximum absolute atomic E-state index is 13.0. The van der Waals surface area contributed by atoms with Crippen molar-refractivity contribution < 1.29 is 19.1 Å². The van der Waals surface area contributed by atoms with E-state index in [0.717, 1.165) is 36.5 Å². The first kappa shape index (κ1) is 14.6. The number of aromatic carboxylic acids is 1. The number of urea groups is 1. The summed E-state index contributed by atoms with van der Waals surface area (Å²) in [6, 6.07) is 2.86. The number of hydrogen-bond acceptors (Lipinski definition) is 3. The summed E-state index contributed by atoms with van der Waals surface area (Å²) < 4.78 is 13.0. The van der Waals surface area contributed by atoms with Crippen molar-refractivity contribution in [2.24, 2.45) is 0 Å². The Morgan fingerprint density at radius 3 is 2.85 bits per heavy atom. The highest BCUT2D eigenvalue weighted by Gasteiger charge is 2.18. The van der Waals surface area contributed by atoms with Gasteiger partial charge < -0.3 is 15.7 Å². The average Bonchev–Trinajstić information content (AvgIpc) is 2.41. The molecule has 0 radical (unpaired) electrons. The minimum atomic E-state index is -1.28. The molecule has 1 heterocycles. The Morgan fingerprint density at radius 2 is 2.20 bits per heavy atom. The number of rotatable bonds is 3. The van der Waals surface area contributed by atoms with Crippen molar-refractivity contribution in [3.63, 3.8) is 0 Å². The van der Waals surface area contributed by atoms with Gasteiger partial charge in [0, 0.05) is 11.8 Å². The first-order valence-electron chi connectivity index (χ1n) is 6.24. The molecule has 1 saturated heterocycles. The van der Waals surface area contributed by atoms with Crippen LogP contribution >= 0.6 is 11.8 Å². The zero-order chi connectivity index (χ0) is 14.5. The van der Waals surface area contributed by atoms with Crippen LogP contribution in [0.5, 0.6) is 0 Å². The lowest BCUT2D eigenvalue weighted by atomic mass is 10.1. The van der Waals surface area contributed by atoms with Crippen LogP contribution in [-0.2, 0) is 0 Å². The first-order valence-corrected chi connectivity index (χ1v) is 7.40. The molecule has 108 valence electrons. The van der Waals surface area contributed by atoms with E-state index in [2.05, 4.69) is 10.6 Å². The quantitative estimate of drug-likeness (QED) is 0.801. The third-order valence-electron chi connectivity index (χ3n) is 2.96. The molecule has 2 amide bonds. The number of anilines is 1. The molecule has 0 aromatic heterocycles. The number of carbonyl (C=O) groups excluding carboxylic acids is 1. The summed E-state index contributed by atoms with van der Waals surface area (Å²) in [6.07, 6.45) is 1.96. The summed E-state index contributed by atoms with van der Waals surface area (Å²) in [5, 5.41) is 14.2. The largest absolute Gasteiger partial charge is 0.478 e. The molecular formula is C13H15FN2O3S. The molecule has 1 aliphatic rings. The molecular weight excluding hydrogens is 283 g/mol. The van der Waals surface area contributed by atoms with Gasteiger partial charge in [-0.3, -0.25) is 0 Å². The van der Waals surface area contributed by atoms with Crippen molar-refractivity contribution >= 4 is 29.4 Å². The van der Waals surface area contributed by atoms with Crippen LogP contribution in [-0.4, -0.2) is 34.7 Å². The molecule has 2 rings (SSSR count). The smallest absolute Gasteiger partial charge is 0.337 e. The van der Waals surface area contributed by atoms with E-state index in [-0.39, 0.29) is 17.3 Å². The summed E-state index contributed by atoms with van der Waals surface area (Å²) in [5.41, 5.74) is -0.182. The lowest BCUT2D eigenvalue weighted by Crippen LogP contribution is -2.41. The fourth-order valence-electron chi connectivity index (χ4n) is 2.00. The van der Waals surface area contributed by atoms with E-state index in [9.17, 15) is 14.0 Å². The molecule has 0 spiro atoms. The van der Waals surface area contributed by atoms with Gasteiger partial charge in [-0.05, 0) is 36.8 Å². The molecule has 0 aliphatic carbocycles. The Morgan fingerprint density at radius 1 is 1.40 bits per heavy atom. The van der Waals surface area contributed by atoms with Gasteiger partial charge >= 0.3 is 12.0 Å². The average molecular weight is 298 g/mol. The predicted octanol–water partition coefficient (Wildman–Crippen LogP) is 2.54. The molecule has 5 nitrogen and oxygen atoms in total. The number of carboxylic acids is 1. The Bertz CT molecular complexity index is 518. The highest BCUT2D eigenvalue weighted by molar-refractivity contribution is 7.99. The van der Waals surface area contributed by atoms with Gasteiger partial charge in [-0.25, -0.2) is 14.0 Å². The van der Waals surface area contributed by atoms with Crippen molar-refractivity contribution in [3.05, 3.63) is 29.6 Å². The maximum Gasteiger partial charge on any atom is 0.337 e. The number of carbonyl (C=O) groups is 2. The Hall–Kier alpha value is -1.76. The van der Waals surface area contributed by atoms with Crippen molar-refractivity contribution in [2.75, 3.05) is 16.8 Å². The van der Waals surface area contributed by atoms with Crippen LogP contribution < -0.4 is 10.6 Å². The second-order valence-corrected chi connectivity index (χ2v) is 5.66. The molecule has 1 aromatic rings. The van der Waals surface area contributed by atoms with Gasteiger partial charge in [0.2, 0.25) is 0 Å². The lowest BCUT2D eigenvalue weighted by molar-refractivity contribution is 0.0697. The zero-order valence-corrected chi connectivity index (χ0v) is 11.5. The van der Waals surface area contributed by atoms with Crippen LogP contribution in [0.15, 0.2) is 18.2 Å². The summed E-state index contributed by atoms with van der Waals surface area (Å²) in [4.78, 5) is 22.8. The fourth-order valence-corrected chi connectivity index (χ4v) is 3.07. The minimum absolute atomic E-state index is 0.0832. The van der Waals surface area contributed by atoms with Gasteiger partial charge in [0.05, 0.1) is 11.3 Å². The monoisotopic (exact) mass is 298 g/mol. The fraction of sp³-hybridized carbons (Fsp3) is 0.385. The summed E-state index contributed by atoms with van der Waals surface area (Å²) in [7, 11) is 0. The van der Waals surface area contributed by atoms with E-state index in [4.69, 9.17) is 5.11 Å². The van der Waals surface area contributed by atoms with E-state index in [0.29, 0.717) is 0 Å². The molecule has 7 heteroatoms. The molecule has 1 aromatic carbocycles. The van der Waals surface area contributed by atoms with Crippen molar-refractivity contribution in [2.45, 2.75) is 18.9 Å². The highest BCUT2D eigenvalue weighted by Crippen LogP contribution is 2.19. The number of thioether (sulfide) groups is 1. The van der Waals surface area contributed by atoms with E-state index in [1.807, 2.05) is 0 Å². The van der Waals surface area contributed by atoms with Gasteiger partial charge in [-0.15, -0.1) is 0 Å². The molecule has 0 bridgehead atoms. The van der Waals surface area contributed by atoms with Gasteiger partial charge in [0.25, 0.3) is 0 Å². The second-order valence-electron chi connectivity index (χ2n) is 4.51. The lowest BCUT2D eigenvalue weighted by Gasteiger charge is -2.22. The van der Waals surface area contributed by atoms with Crippen LogP contribution in [0.2, 0.25) is 0 Å². The van der Waals surface area contributed by atoms with Gasteiger partial charge in [-0.1, -0.05) is 0 Å². The Balaban J connectivity index is 2.01. The van der Waals surface area contributed by atoms with Gasteiger partial charge in [0.1, 0.15) is 5.82 Å². The topological polar surface area (TPSA) is 78.4 Å². The normalized spacial score (nSPS) is 18.4. The maximum atomic E-state index is 13.0. The predicted molar refractivity (Wildman–Crippen MR) is 75.9 cm³/mol. The molecule has 0 saturated carbocycles. The van der Waals surface area contributed by atoms with Crippen molar-refractivity contribution in [3.8, 4) is 0 Å². The third-order valence-corrected chi connectivity index (χ3v) is 4.17. The number of carboxylic acid groups (broad SMARTS) is 1. The van der Waals surface area contributed by atoms with Crippen molar-refractivity contribution in [1.82, 2.24) is 5.32 Å². The third kappa shape index (κ3) is 3.86. The van der Waals surface area contributed by atoms with Crippen LogP contribution in [0.4, 0.5) is 14.9 Å². The first-order chi connectivity index (χ1) is 9.56. The minimum Gasteiger partial charge on any atom is -0.478 e. The zero-order valence-electron chi connectivity index (χ0n) is 10.7. The number of amides is 2. The molecule has 20 heavy (non-hydrogen) atoms. The van der Waals surface area contributed by atoms with E-state index < -0.39 is 17.8 Å². The van der Waals surface area contributed by atoms with Crippen LogP contribution in [0.3, 0.4) is 0 Å². The van der Waals surface area contributed by atoms with E-state index >= 15 is 0 Å². The Labute approximate surface area is 119 Å². The molecule has 1 unspecified atom stereocenters. The van der Waals surface area contributed by atoms with Gasteiger partial charge in [-0.2, -0.15) is 11.8 Å². The second kappa shape index (κ2) is 6.60. The summed E-state index contributed by atoms with van der Waals surface area (Å²) in [6.45, 7) is 0. The number of nitrogens with one attached hydrogen (secondary N) is 2. The van der Waals surface area contributed by atoms with Crippen LogP contribution in [0.25, 0.3) is 0 Å². The van der Waals surface area contributed by atoms with Crippen molar-refractivity contribution in [1.29, 1.82) is 0 Å². The molecule has 1 atom stereocenters. The molecule has 1 fully saturated rings. The molecule has 1 aliphatic heterocycles.